The number of imide groups is 1. The van der Waals surface area contributed by atoms with E-state index in [1.165, 1.54) is 18.8 Å². The Balaban J connectivity index is 2.26. The Labute approximate surface area is 144 Å². The van der Waals surface area contributed by atoms with E-state index in [-0.39, 0.29) is 5.91 Å². The van der Waals surface area contributed by atoms with Gasteiger partial charge >= 0.3 is 6.03 Å². The van der Waals surface area contributed by atoms with Crippen molar-refractivity contribution < 1.29 is 9.59 Å². The normalized spacial score (nSPS) is 12.2. The fourth-order valence-electron chi connectivity index (χ4n) is 2.10. The van der Waals surface area contributed by atoms with Gasteiger partial charge in [0.05, 0.1) is 16.3 Å². The van der Waals surface area contributed by atoms with Crippen LogP contribution in [-0.4, -0.2) is 33.8 Å². The number of hydrogen-bond acceptors (Lipinski definition) is 4. The summed E-state index contributed by atoms with van der Waals surface area (Å²) in [6.07, 6.45) is 0.945. The van der Waals surface area contributed by atoms with Crippen LogP contribution in [0.4, 0.5) is 4.79 Å². The average molecular weight is 355 g/mol. The van der Waals surface area contributed by atoms with Gasteiger partial charge in [0.1, 0.15) is 0 Å². The first kappa shape index (κ1) is 17.6. The van der Waals surface area contributed by atoms with Crippen LogP contribution in [0.1, 0.15) is 20.3 Å². The maximum atomic E-state index is 12.0. The second-order valence-electron chi connectivity index (χ2n) is 5.01. The van der Waals surface area contributed by atoms with E-state index in [0.717, 1.165) is 29.2 Å². The summed E-state index contributed by atoms with van der Waals surface area (Å²) < 4.78 is 2.07. The van der Waals surface area contributed by atoms with Crippen LogP contribution in [-0.2, 0) is 11.3 Å². The second-order valence-corrected chi connectivity index (χ2v) is 6.75. The van der Waals surface area contributed by atoms with Crippen molar-refractivity contribution in [2.75, 3.05) is 7.05 Å². The Hall–Kier alpha value is -1.73. The molecule has 124 valence electrons. The van der Waals surface area contributed by atoms with E-state index in [9.17, 15) is 9.59 Å². The summed E-state index contributed by atoms with van der Waals surface area (Å²) in [5, 5.41) is 5.55. The van der Waals surface area contributed by atoms with Crippen molar-refractivity contribution in [3.05, 3.63) is 23.2 Å². The Bertz CT molecular complexity index is 732. The first-order valence-electron chi connectivity index (χ1n) is 7.31. The van der Waals surface area contributed by atoms with Gasteiger partial charge in [-0.25, -0.2) is 9.78 Å². The number of nitrogens with one attached hydrogen (secondary N) is 2. The highest BCUT2D eigenvalue weighted by atomic mass is 35.5. The lowest BCUT2D eigenvalue weighted by atomic mass is 10.3. The summed E-state index contributed by atoms with van der Waals surface area (Å²) in [7, 11) is 1.46. The molecule has 0 bridgehead atoms. The molecule has 1 atom stereocenters. The Morgan fingerprint density at radius 1 is 1.43 bits per heavy atom. The quantitative estimate of drug-likeness (QED) is 0.809. The van der Waals surface area contributed by atoms with Gasteiger partial charge in [-0.15, -0.1) is 0 Å². The van der Waals surface area contributed by atoms with Gasteiger partial charge in [-0.3, -0.25) is 10.1 Å². The highest BCUT2D eigenvalue weighted by molar-refractivity contribution is 8.00. The highest BCUT2D eigenvalue weighted by Crippen LogP contribution is 2.29. The highest BCUT2D eigenvalue weighted by Gasteiger charge is 2.20. The average Bonchev–Trinajstić information content (AvgIpc) is 2.84. The molecule has 2 aromatic rings. The van der Waals surface area contributed by atoms with Crippen molar-refractivity contribution >= 4 is 46.3 Å². The molecule has 8 heteroatoms. The molecule has 0 aliphatic carbocycles. The van der Waals surface area contributed by atoms with Crippen molar-refractivity contribution in [2.24, 2.45) is 0 Å². The number of fused-ring (bicyclic) bond motifs is 1. The van der Waals surface area contributed by atoms with Crippen molar-refractivity contribution in [3.63, 3.8) is 0 Å². The minimum Gasteiger partial charge on any atom is -0.341 e. The summed E-state index contributed by atoms with van der Waals surface area (Å²) in [4.78, 5) is 27.8. The molecular weight excluding hydrogens is 336 g/mol. The van der Waals surface area contributed by atoms with E-state index in [0.29, 0.717) is 5.02 Å². The standard InChI is InChI=1S/C15H19ClN4O2S/c1-4-7-20-12-6-5-10(16)8-11(12)18-15(20)23-9(2)13(21)19-14(22)17-3/h5-6,8-9H,4,7H2,1-3H3,(H2,17,19,21,22)/t9-/m1/s1. The zero-order valence-corrected chi connectivity index (χ0v) is 14.8. The summed E-state index contributed by atoms with van der Waals surface area (Å²) in [5.41, 5.74) is 1.78. The van der Waals surface area contributed by atoms with Gasteiger partial charge in [-0.1, -0.05) is 30.3 Å². The smallest absolute Gasteiger partial charge is 0.321 e. The minimum atomic E-state index is -0.517. The fraction of sp³-hybridized carbons (Fsp3) is 0.400. The van der Waals surface area contributed by atoms with Crippen molar-refractivity contribution in [3.8, 4) is 0 Å². The molecule has 1 aromatic heterocycles. The van der Waals surface area contributed by atoms with Crippen LogP contribution in [0.3, 0.4) is 0 Å². The number of nitrogens with zero attached hydrogens (tertiary/aromatic N) is 2. The molecule has 0 aliphatic heterocycles. The predicted octanol–water partition coefficient (Wildman–Crippen LogP) is 3.04. The van der Waals surface area contributed by atoms with Gasteiger partial charge in [0.25, 0.3) is 0 Å². The summed E-state index contributed by atoms with van der Waals surface area (Å²) >= 11 is 7.34. The summed E-state index contributed by atoms with van der Waals surface area (Å²) in [6.45, 7) is 4.62. The number of imidazole rings is 1. The number of carbonyl (C=O) groups is 2. The summed E-state index contributed by atoms with van der Waals surface area (Å²) in [5.74, 6) is -0.359. The van der Waals surface area contributed by atoms with Crippen LogP contribution in [0.15, 0.2) is 23.4 Å². The van der Waals surface area contributed by atoms with Gasteiger partial charge < -0.3 is 9.88 Å². The van der Waals surface area contributed by atoms with E-state index < -0.39 is 11.3 Å². The third-order valence-corrected chi connectivity index (χ3v) is 4.56. The fourth-order valence-corrected chi connectivity index (χ4v) is 3.21. The third kappa shape index (κ3) is 4.17. The predicted molar refractivity (Wildman–Crippen MR) is 93.0 cm³/mol. The molecule has 1 heterocycles. The van der Waals surface area contributed by atoms with E-state index in [1.54, 1.807) is 6.92 Å². The number of hydrogen-bond donors (Lipinski definition) is 2. The number of carbonyl (C=O) groups excluding carboxylic acids is 2. The number of rotatable bonds is 5. The lowest BCUT2D eigenvalue weighted by Crippen LogP contribution is -2.41. The molecule has 0 spiro atoms. The SMILES string of the molecule is CCCn1c(S[C@H](C)C(=O)NC(=O)NC)nc2cc(Cl)ccc21. The minimum absolute atomic E-state index is 0.359. The number of halogens is 1. The first-order valence-corrected chi connectivity index (χ1v) is 8.57. The molecule has 6 nitrogen and oxygen atoms in total. The van der Waals surface area contributed by atoms with Crippen molar-refractivity contribution in [1.82, 2.24) is 20.2 Å². The molecule has 2 rings (SSSR count). The topological polar surface area (TPSA) is 76.0 Å². The third-order valence-electron chi connectivity index (χ3n) is 3.24. The van der Waals surface area contributed by atoms with Crippen LogP contribution < -0.4 is 10.6 Å². The maximum Gasteiger partial charge on any atom is 0.321 e. The Morgan fingerprint density at radius 2 is 2.17 bits per heavy atom. The van der Waals surface area contributed by atoms with Crippen molar-refractivity contribution in [2.45, 2.75) is 37.2 Å². The van der Waals surface area contributed by atoms with Gasteiger partial charge in [-0.05, 0) is 31.5 Å². The van der Waals surface area contributed by atoms with Gasteiger partial charge in [-0.2, -0.15) is 0 Å². The zero-order chi connectivity index (χ0) is 17.0. The van der Waals surface area contributed by atoms with E-state index in [1.807, 2.05) is 18.2 Å². The number of amides is 3. The molecular formula is C15H19ClN4O2S. The lowest BCUT2D eigenvalue weighted by molar-refractivity contribution is -0.119. The maximum absolute atomic E-state index is 12.0. The largest absolute Gasteiger partial charge is 0.341 e. The number of aromatic nitrogens is 2. The Kier molecular flexibility index (Phi) is 5.90. The van der Waals surface area contributed by atoms with Crippen LogP contribution in [0.2, 0.25) is 5.02 Å². The number of benzene rings is 1. The van der Waals surface area contributed by atoms with Crippen LogP contribution in [0, 0.1) is 0 Å². The van der Waals surface area contributed by atoms with Crippen LogP contribution in [0.5, 0.6) is 0 Å². The van der Waals surface area contributed by atoms with E-state index in [2.05, 4.69) is 27.1 Å². The molecule has 1 aromatic carbocycles. The molecule has 0 saturated heterocycles. The van der Waals surface area contributed by atoms with Crippen LogP contribution in [0.25, 0.3) is 11.0 Å². The molecule has 0 unspecified atom stereocenters. The lowest BCUT2D eigenvalue weighted by Gasteiger charge is -2.12. The molecule has 2 N–H and O–H groups in total. The van der Waals surface area contributed by atoms with Gasteiger partial charge in [0, 0.05) is 18.6 Å². The Morgan fingerprint density at radius 3 is 2.83 bits per heavy atom. The molecule has 0 aliphatic rings. The number of thioether (sulfide) groups is 1. The van der Waals surface area contributed by atoms with E-state index in [4.69, 9.17) is 11.6 Å². The summed E-state index contributed by atoms with van der Waals surface area (Å²) in [6, 6.07) is 5.05. The zero-order valence-electron chi connectivity index (χ0n) is 13.2. The second kappa shape index (κ2) is 7.70. The van der Waals surface area contributed by atoms with E-state index >= 15 is 0 Å². The molecule has 0 fully saturated rings. The molecule has 23 heavy (non-hydrogen) atoms. The first-order chi connectivity index (χ1) is 11.0. The number of aryl methyl sites for hydroxylation is 1. The van der Waals surface area contributed by atoms with Crippen molar-refractivity contribution in [1.29, 1.82) is 0 Å². The van der Waals surface area contributed by atoms with Gasteiger partial charge in [0.2, 0.25) is 5.91 Å². The van der Waals surface area contributed by atoms with Gasteiger partial charge in [0.15, 0.2) is 5.16 Å². The van der Waals surface area contributed by atoms with Crippen LogP contribution >= 0.6 is 23.4 Å². The molecule has 0 saturated carbocycles. The molecule has 3 amide bonds. The number of urea groups is 1. The molecule has 0 radical (unpaired) electrons. The monoisotopic (exact) mass is 354 g/mol.